The number of nitrogens with one attached hydrogen (secondary N) is 1. The number of esters is 1. The zero-order chi connectivity index (χ0) is 42.6. The second-order valence-electron chi connectivity index (χ2n) is 16.5. The summed E-state index contributed by atoms with van der Waals surface area (Å²) in [5.41, 5.74) is 17.3. The van der Waals surface area contributed by atoms with E-state index in [1.165, 1.54) is 11.6 Å². The largest absolute Gasteiger partial charge is 0.507 e. The number of aromatic hydroxyl groups is 1. The van der Waals surface area contributed by atoms with Gasteiger partial charge in [0, 0.05) is 96.8 Å². The number of anilines is 2. The van der Waals surface area contributed by atoms with Crippen LogP contribution in [0.2, 0.25) is 0 Å². The number of aliphatic hydroxyl groups is 1. The van der Waals surface area contributed by atoms with Crippen molar-refractivity contribution in [3.8, 4) is 22.8 Å². The summed E-state index contributed by atoms with van der Waals surface area (Å²) in [6.45, 7) is 5.07. The number of rotatable bonds is 7. The summed E-state index contributed by atoms with van der Waals surface area (Å²) >= 11 is 0. The van der Waals surface area contributed by atoms with E-state index in [9.17, 15) is 19.8 Å². The number of aliphatic hydroxyl groups excluding tert-OH is 1. The third kappa shape index (κ3) is 7.75. The van der Waals surface area contributed by atoms with Crippen LogP contribution in [0.15, 0.2) is 68.1 Å². The van der Waals surface area contributed by atoms with Gasteiger partial charge >= 0.3 is 5.97 Å². The Balaban J connectivity index is 1.08. The van der Waals surface area contributed by atoms with Crippen LogP contribution in [0.3, 0.4) is 0 Å². The van der Waals surface area contributed by atoms with Crippen molar-refractivity contribution in [2.75, 3.05) is 44.0 Å². The number of fused-ring (bicyclic) bond motifs is 9. The zero-order valence-electron chi connectivity index (χ0n) is 34.2. The summed E-state index contributed by atoms with van der Waals surface area (Å²) in [5, 5.41) is 24.9. The lowest BCUT2D eigenvalue weighted by Gasteiger charge is -2.42. The molecule has 5 aliphatic heterocycles. The number of phenolic OH excluding ortho intramolecular Hbond substituents is 1. The number of nitrogens with zero attached hydrogens (tertiary/aromatic N) is 4. The minimum Gasteiger partial charge on any atom is -0.507 e. The van der Waals surface area contributed by atoms with Gasteiger partial charge in [0.25, 0.3) is 0 Å². The number of aromatic nitrogens is 2. The van der Waals surface area contributed by atoms with Crippen molar-refractivity contribution in [3.05, 3.63) is 92.2 Å². The number of aliphatic imine (C=N–C) groups is 1. The monoisotopic (exact) mass is 867 g/mol. The van der Waals surface area contributed by atoms with E-state index in [0.717, 1.165) is 34.6 Å². The lowest BCUT2D eigenvalue weighted by molar-refractivity contribution is -0.171. The number of benzene rings is 1. The highest BCUT2D eigenvalue weighted by Crippen LogP contribution is 2.51. The summed E-state index contributed by atoms with van der Waals surface area (Å²) in [6, 6.07) is 8.87. The third-order valence-electron chi connectivity index (χ3n) is 12.4. The first-order chi connectivity index (χ1) is 29.4. The molecule has 0 radical (unpaired) electrons. The number of aryl methyl sites for hydroxylation is 2. The van der Waals surface area contributed by atoms with E-state index >= 15 is 0 Å². The van der Waals surface area contributed by atoms with Crippen LogP contribution < -0.4 is 26.9 Å². The van der Waals surface area contributed by atoms with Gasteiger partial charge in [-0.1, -0.05) is 21.6 Å². The number of carbonyl (C=O) groups excluding carboxylic acids is 1. The fourth-order valence-corrected chi connectivity index (χ4v) is 11.5. The average Bonchev–Trinajstić information content (AvgIpc) is 3.58. The molecule has 320 valence electrons. The normalized spacial score (nSPS) is 25.1. The number of nitrogen functional groups attached to an aromatic ring is 2. The number of pyridine rings is 2. The molecule has 0 amide bonds. The molecule has 1 saturated heterocycles. The maximum absolute atomic E-state index is 14.8. The summed E-state index contributed by atoms with van der Waals surface area (Å²) < 4.78 is 25.6. The molecule has 4 aromatic rings. The number of ether oxygens (including phenoxy) is 3. The first-order valence-electron chi connectivity index (χ1n) is 20.5. The van der Waals surface area contributed by atoms with Crippen LogP contribution in [0.25, 0.3) is 22.2 Å². The van der Waals surface area contributed by atoms with Crippen LogP contribution in [0.1, 0.15) is 54.3 Å². The van der Waals surface area contributed by atoms with E-state index in [-0.39, 0.29) is 35.2 Å². The van der Waals surface area contributed by atoms with E-state index in [4.69, 9.17) is 40.1 Å². The molecule has 8 heterocycles. The van der Waals surface area contributed by atoms with Gasteiger partial charge in [-0.05, 0) is 70.0 Å². The minimum absolute atomic E-state index is 0.0400. The number of epoxide rings is 1. The number of hydrogen-bond acceptors (Lipinski definition) is 17. The quantitative estimate of drug-likeness (QED) is 0.0939. The van der Waals surface area contributed by atoms with Gasteiger partial charge in [-0.3, -0.25) is 9.79 Å². The minimum atomic E-state index is -1.36. The van der Waals surface area contributed by atoms with Crippen molar-refractivity contribution < 1.29 is 33.6 Å². The number of hydrogen-bond donors (Lipinski definition) is 5. The highest BCUT2D eigenvalue weighted by Gasteiger charge is 2.68. The van der Waals surface area contributed by atoms with E-state index in [1.807, 2.05) is 37.5 Å². The Morgan fingerprint density at radius 3 is 2.75 bits per heavy atom. The molecule has 9 rings (SSSR count). The SMILES string of the molecule is CNC[C@@H](CCO)[C@@]12O[C@@H]1CCc1cc(N)nc(c1)-c1cc(CN3C=C4N=CC=C4C3)nc(N)c1CSSCC[C@]1(C)Oc3cc4oc(C)cc(=O)c4c(O)c3C[C@H]1OC2=O. The molecule has 5 atom stereocenters. The number of phenols is 1. The second-order valence-corrected chi connectivity index (χ2v) is 19.1. The van der Waals surface area contributed by atoms with Crippen molar-refractivity contribution in [2.24, 2.45) is 10.9 Å². The molecule has 2 bridgehead atoms. The van der Waals surface area contributed by atoms with Crippen LogP contribution in [0, 0.1) is 12.8 Å². The van der Waals surface area contributed by atoms with Gasteiger partial charge in [-0.15, -0.1) is 0 Å². The molecular formula is C44H49N7O8S2. The van der Waals surface area contributed by atoms with Crippen molar-refractivity contribution >= 4 is 56.4 Å². The molecular weight excluding hydrogens is 819 g/mol. The lowest BCUT2D eigenvalue weighted by Crippen LogP contribution is -2.54. The van der Waals surface area contributed by atoms with Crippen molar-refractivity contribution in [1.82, 2.24) is 20.2 Å². The summed E-state index contributed by atoms with van der Waals surface area (Å²) in [7, 11) is 5.03. The van der Waals surface area contributed by atoms with Crippen molar-refractivity contribution in [3.63, 3.8) is 0 Å². The van der Waals surface area contributed by atoms with Crippen molar-refractivity contribution in [1.29, 1.82) is 0 Å². The van der Waals surface area contributed by atoms with E-state index in [0.29, 0.717) is 84.7 Å². The second kappa shape index (κ2) is 16.3. The fraction of sp³-hybridized carbons (Fsp3) is 0.432. The van der Waals surface area contributed by atoms with Crippen LogP contribution in [0.4, 0.5) is 11.6 Å². The van der Waals surface area contributed by atoms with Gasteiger partial charge < -0.3 is 50.5 Å². The van der Waals surface area contributed by atoms with Crippen molar-refractivity contribution in [2.45, 2.75) is 81.7 Å². The highest BCUT2D eigenvalue weighted by atomic mass is 33.1. The molecule has 0 unspecified atom stereocenters. The molecule has 5 aliphatic rings. The topological polar surface area (TPSA) is 224 Å². The Morgan fingerprint density at radius 1 is 1.10 bits per heavy atom. The van der Waals surface area contributed by atoms with E-state index in [1.54, 1.807) is 41.6 Å². The zero-order valence-corrected chi connectivity index (χ0v) is 35.9. The van der Waals surface area contributed by atoms with E-state index in [2.05, 4.69) is 21.3 Å². The molecule has 1 aromatic carbocycles. The number of allylic oxidation sites excluding steroid dienone is 1. The molecule has 7 N–H and O–H groups in total. The number of nitrogens with two attached hydrogens (primary N) is 2. The molecule has 61 heavy (non-hydrogen) atoms. The Morgan fingerprint density at radius 2 is 1.95 bits per heavy atom. The Hall–Kier alpha value is -5.07. The average molecular weight is 868 g/mol. The lowest BCUT2D eigenvalue weighted by atomic mass is 9.83. The Labute approximate surface area is 360 Å². The van der Waals surface area contributed by atoms with Crippen LogP contribution in [-0.4, -0.2) is 93.2 Å². The molecule has 0 spiro atoms. The summed E-state index contributed by atoms with van der Waals surface area (Å²) in [5.74, 6) is 1.39. The fourth-order valence-electron chi connectivity index (χ4n) is 9.17. The highest BCUT2D eigenvalue weighted by molar-refractivity contribution is 8.76. The molecule has 17 heteroatoms. The van der Waals surface area contributed by atoms with Gasteiger partial charge in [0.2, 0.25) is 0 Å². The Bertz CT molecular complexity index is 2580. The predicted molar refractivity (Wildman–Crippen MR) is 236 cm³/mol. The smallest absolute Gasteiger partial charge is 0.341 e. The summed E-state index contributed by atoms with van der Waals surface area (Å²) in [4.78, 5) is 44.1. The first-order valence-corrected chi connectivity index (χ1v) is 23.0. The molecule has 1 fully saturated rings. The Kier molecular flexibility index (Phi) is 11.0. The first kappa shape index (κ1) is 41.3. The predicted octanol–water partition coefficient (Wildman–Crippen LogP) is 4.98. The van der Waals surface area contributed by atoms with Gasteiger partial charge in [-0.2, -0.15) is 0 Å². The summed E-state index contributed by atoms with van der Waals surface area (Å²) in [6.07, 6.45) is 6.26. The maximum atomic E-state index is 14.8. The molecule has 15 nitrogen and oxygen atoms in total. The molecule has 0 aliphatic carbocycles. The van der Waals surface area contributed by atoms with Gasteiger partial charge in [0.05, 0.1) is 29.7 Å². The number of carbonyl (C=O) groups is 1. The van der Waals surface area contributed by atoms with Crippen LogP contribution >= 0.6 is 21.6 Å². The van der Waals surface area contributed by atoms with Crippen LogP contribution in [0.5, 0.6) is 11.5 Å². The van der Waals surface area contributed by atoms with Gasteiger partial charge in [-0.25, -0.2) is 14.8 Å². The maximum Gasteiger partial charge on any atom is 0.341 e. The van der Waals surface area contributed by atoms with Gasteiger partial charge in [0.1, 0.15) is 51.6 Å². The van der Waals surface area contributed by atoms with Crippen LogP contribution in [-0.2, 0) is 39.4 Å². The molecule has 0 saturated carbocycles. The third-order valence-corrected chi connectivity index (χ3v) is 14.7. The molecule has 3 aromatic heterocycles. The van der Waals surface area contributed by atoms with E-state index < -0.39 is 35.3 Å². The van der Waals surface area contributed by atoms with Gasteiger partial charge in [0.15, 0.2) is 11.0 Å². The standard InChI is InChI=1S/C44H49N7O8S2/c1-23-12-33(53)39-35(56-23)17-34-29(40(39)54)16-37-43(2,58-34)8-11-60-61-22-30-28(15-27(49-41(30)46)20-51-19-25-6-9-48-32(25)21-51)31-13-24(14-38(45)50-31)4-5-36-44(59-36,42(55)57-37)26(7-10-52)18-47-3/h6,9,12-15,17,21,26,36-37,47,52,54H,4-5,7-8,10-11,16,18-20,22H2,1-3H3,(H2,45,50)(H2,46,49)/t26-,36-,37-,43+,44-/m1/s1.